The van der Waals surface area contributed by atoms with Crippen molar-refractivity contribution in [2.24, 2.45) is 5.92 Å². The first kappa shape index (κ1) is 14.5. The van der Waals surface area contributed by atoms with Crippen LogP contribution in [-0.4, -0.2) is 17.1 Å². The van der Waals surface area contributed by atoms with Gasteiger partial charge < -0.3 is 10.4 Å². The van der Waals surface area contributed by atoms with Crippen LogP contribution in [0.2, 0.25) is 0 Å². The summed E-state index contributed by atoms with van der Waals surface area (Å²) in [6.45, 7) is 3.17. The molecule has 106 valence electrons. The SMILES string of the molecule is CCC1CCC(NCc2ccc(CC(=O)O)s2)CC1. The molecule has 0 bridgehead atoms. The highest BCUT2D eigenvalue weighted by molar-refractivity contribution is 7.12. The van der Waals surface area contributed by atoms with Crippen LogP contribution < -0.4 is 5.32 Å². The molecule has 0 saturated heterocycles. The molecule has 1 aliphatic carbocycles. The van der Waals surface area contributed by atoms with Gasteiger partial charge in [-0.25, -0.2) is 0 Å². The summed E-state index contributed by atoms with van der Waals surface area (Å²) in [5.41, 5.74) is 0. The van der Waals surface area contributed by atoms with E-state index in [1.165, 1.54) is 37.0 Å². The van der Waals surface area contributed by atoms with E-state index in [1.807, 2.05) is 12.1 Å². The quantitative estimate of drug-likeness (QED) is 0.840. The summed E-state index contributed by atoms with van der Waals surface area (Å²) in [7, 11) is 0. The van der Waals surface area contributed by atoms with Crippen LogP contribution in [0, 0.1) is 5.92 Å². The lowest BCUT2D eigenvalue weighted by Crippen LogP contribution is -2.32. The Labute approximate surface area is 119 Å². The van der Waals surface area contributed by atoms with Crippen molar-refractivity contribution in [1.29, 1.82) is 0 Å². The summed E-state index contributed by atoms with van der Waals surface area (Å²) in [5, 5.41) is 12.4. The van der Waals surface area contributed by atoms with E-state index in [0.29, 0.717) is 6.04 Å². The highest BCUT2D eigenvalue weighted by atomic mass is 32.1. The van der Waals surface area contributed by atoms with Crippen molar-refractivity contribution in [3.63, 3.8) is 0 Å². The van der Waals surface area contributed by atoms with E-state index in [1.54, 1.807) is 11.3 Å². The molecular formula is C15H23NO2S. The maximum atomic E-state index is 10.6. The second-order valence-corrected chi connectivity index (χ2v) is 6.70. The largest absolute Gasteiger partial charge is 0.481 e. The maximum absolute atomic E-state index is 10.6. The summed E-state index contributed by atoms with van der Waals surface area (Å²) in [6.07, 6.45) is 6.73. The van der Waals surface area contributed by atoms with Crippen molar-refractivity contribution in [1.82, 2.24) is 5.32 Å². The average Bonchev–Trinajstić information content (AvgIpc) is 2.84. The highest BCUT2D eigenvalue weighted by Gasteiger charge is 2.19. The molecule has 3 nitrogen and oxygen atoms in total. The molecule has 0 atom stereocenters. The fraction of sp³-hybridized carbons (Fsp3) is 0.667. The van der Waals surface area contributed by atoms with Crippen molar-refractivity contribution in [2.45, 2.75) is 58.0 Å². The molecular weight excluding hydrogens is 258 g/mol. The van der Waals surface area contributed by atoms with Crippen LogP contribution in [0.4, 0.5) is 0 Å². The predicted octanol–water partition coefficient (Wildman–Crippen LogP) is 3.43. The Morgan fingerprint density at radius 1 is 1.32 bits per heavy atom. The second kappa shape index (κ2) is 7.06. The van der Waals surface area contributed by atoms with E-state index < -0.39 is 5.97 Å². The van der Waals surface area contributed by atoms with Crippen molar-refractivity contribution in [2.75, 3.05) is 0 Å². The minimum absolute atomic E-state index is 0.145. The number of carbonyl (C=O) groups is 1. The number of hydrogen-bond donors (Lipinski definition) is 2. The lowest BCUT2D eigenvalue weighted by atomic mass is 9.84. The second-order valence-electron chi connectivity index (χ2n) is 5.45. The molecule has 1 aliphatic rings. The number of hydrogen-bond acceptors (Lipinski definition) is 3. The number of rotatable bonds is 6. The maximum Gasteiger partial charge on any atom is 0.308 e. The van der Waals surface area contributed by atoms with E-state index >= 15 is 0 Å². The van der Waals surface area contributed by atoms with Gasteiger partial charge in [-0.3, -0.25) is 4.79 Å². The topological polar surface area (TPSA) is 49.3 Å². The Hall–Kier alpha value is -0.870. The normalized spacial score (nSPS) is 23.4. The van der Waals surface area contributed by atoms with Crippen LogP contribution in [0.3, 0.4) is 0 Å². The first-order valence-electron chi connectivity index (χ1n) is 7.20. The van der Waals surface area contributed by atoms with Gasteiger partial charge in [-0.2, -0.15) is 0 Å². The van der Waals surface area contributed by atoms with Crippen LogP contribution in [0.1, 0.15) is 48.8 Å². The third-order valence-electron chi connectivity index (χ3n) is 4.03. The van der Waals surface area contributed by atoms with Gasteiger partial charge in [-0.05, 0) is 43.7 Å². The summed E-state index contributed by atoms with van der Waals surface area (Å²) in [4.78, 5) is 12.8. The molecule has 1 aromatic rings. The third kappa shape index (κ3) is 4.62. The fourth-order valence-corrected chi connectivity index (χ4v) is 3.74. The summed E-state index contributed by atoms with van der Waals surface area (Å²) >= 11 is 1.61. The van der Waals surface area contributed by atoms with Crippen LogP contribution in [0.5, 0.6) is 0 Å². The Morgan fingerprint density at radius 3 is 2.63 bits per heavy atom. The molecule has 2 rings (SSSR count). The standard InChI is InChI=1S/C15H23NO2S/c1-2-11-3-5-12(6-4-11)16-10-14-8-7-13(19-14)9-15(17)18/h7-8,11-12,16H,2-6,9-10H2,1H3,(H,17,18). The lowest BCUT2D eigenvalue weighted by molar-refractivity contribution is -0.136. The smallest absolute Gasteiger partial charge is 0.308 e. The predicted molar refractivity (Wildman–Crippen MR) is 78.5 cm³/mol. The number of carboxylic acid groups (broad SMARTS) is 1. The van der Waals surface area contributed by atoms with Gasteiger partial charge in [0.05, 0.1) is 6.42 Å². The summed E-state index contributed by atoms with van der Waals surface area (Å²) in [6, 6.07) is 4.63. The Kier molecular flexibility index (Phi) is 5.40. The molecule has 0 radical (unpaired) electrons. The zero-order chi connectivity index (χ0) is 13.7. The molecule has 2 N–H and O–H groups in total. The van der Waals surface area contributed by atoms with Crippen LogP contribution >= 0.6 is 11.3 Å². The third-order valence-corrected chi connectivity index (χ3v) is 5.12. The molecule has 1 saturated carbocycles. The van der Waals surface area contributed by atoms with Gasteiger partial charge in [-0.15, -0.1) is 11.3 Å². The first-order chi connectivity index (χ1) is 9.17. The van der Waals surface area contributed by atoms with Crippen LogP contribution in [0.25, 0.3) is 0 Å². The molecule has 0 aromatic carbocycles. The average molecular weight is 281 g/mol. The minimum Gasteiger partial charge on any atom is -0.481 e. The van der Waals surface area contributed by atoms with Crippen LogP contribution in [-0.2, 0) is 17.8 Å². The monoisotopic (exact) mass is 281 g/mol. The van der Waals surface area contributed by atoms with E-state index in [-0.39, 0.29) is 6.42 Å². The van der Waals surface area contributed by atoms with Gasteiger partial charge in [0.25, 0.3) is 0 Å². The number of aliphatic carboxylic acids is 1. The molecule has 0 unspecified atom stereocenters. The number of thiophene rings is 1. The lowest BCUT2D eigenvalue weighted by Gasteiger charge is -2.28. The Morgan fingerprint density at radius 2 is 2.00 bits per heavy atom. The summed E-state index contributed by atoms with van der Waals surface area (Å²) < 4.78 is 0. The first-order valence-corrected chi connectivity index (χ1v) is 8.01. The van der Waals surface area contributed by atoms with E-state index in [2.05, 4.69) is 12.2 Å². The Bertz CT molecular complexity index is 408. The zero-order valence-corrected chi connectivity index (χ0v) is 12.3. The van der Waals surface area contributed by atoms with Gasteiger partial charge in [0.1, 0.15) is 0 Å². The van der Waals surface area contributed by atoms with Gasteiger partial charge >= 0.3 is 5.97 Å². The molecule has 1 heterocycles. The summed E-state index contributed by atoms with van der Waals surface area (Å²) in [5.74, 6) is 0.182. The number of carboxylic acids is 1. The van der Waals surface area contributed by atoms with Gasteiger partial charge in [0, 0.05) is 22.3 Å². The molecule has 0 aliphatic heterocycles. The van der Waals surface area contributed by atoms with Gasteiger partial charge in [0.2, 0.25) is 0 Å². The van der Waals surface area contributed by atoms with Crippen molar-refractivity contribution in [3.05, 3.63) is 21.9 Å². The van der Waals surface area contributed by atoms with E-state index in [0.717, 1.165) is 17.3 Å². The molecule has 19 heavy (non-hydrogen) atoms. The van der Waals surface area contributed by atoms with Gasteiger partial charge in [-0.1, -0.05) is 13.3 Å². The fourth-order valence-electron chi connectivity index (χ4n) is 2.78. The molecule has 0 spiro atoms. The van der Waals surface area contributed by atoms with Crippen LogP contribution in [0.15, 0.2) is 12.1 Å². The minimum atomic E-state index is -0.751. The highest BCUT2D eigenvalue weighted by Crippen LogP contribution is 2.27. The molecule has 0 amide bonds. The Balaban J connectivity index is 1.73. The van der Waals surface area contributed by atoms with Crippen molar-refractivity contribution >= 4 is 17.3 Å². The van der Waals surface area contributed by atoms with Crippen molar-refractivity contribution in [3.8, 4) is 0 Å². The van der Waals surface area contributed by atoms with Crippen molar-refractivity contribution < 1.29 is 9.90 Å². The van der Waals surface area contributed by atoms with E-state index in [9.17, 15) is 4.79 Å². The van der Waals surface area contributed by atoms with E-state index in [4.69, 9.17) is 5.11 Å². The molecule has 1 fully saturated rings. The zero-order valence-electron chi connectivity index (χ0n) is 11.5. The molecule has 4 heteroatoms. The number of nitrogens with one attached hydrogen (secondary N) is 1. The molecule has 1 aromatic heterocycles. The van der Waals surface area contributed by atoms with Gasteiger partial charge in [0.15, 0.2) is 0 Å².